The first-order valence-electron chi connectivity index (χ1n) is 9.59. The van der Waals surface area contributed by atoms with Gasteiger partial charge in [-0.05, 0) is 69.1 Å². The summed E-state index contributed by atoms with van der Waals surface area (Å²) in [6.07, 6.45) is 14.3. The van der Waals surface area contributed by atoms with Gasteiger partial charge in [-0.1, -0.05) is 26.3 Å². The van der Waals surface area contributed by atoms with E-state index in [1.54, 1.807) is 0 Å². The van der Waals surface area contributed by atoms with Gasteiger partial charge in [0.25, 0.3) is 0 Å². The van der Waals surface area contributed by atoms with Crippen LogP contribution in [0.3, 0.4) is 0 Å². The maximum atomic E-state index is 10.9. The second-order valence-electron chi connectivity index (χ2n) is 7.53. The van der Waals surface area contributed by atoms with Crippen molar-refractivity contribution in [2.24, 2.45) is 17.8 Å². The standard InChI is InChI=1S/C20H34O3/c1-3-20(21)23-13-7-5-4-6-12-22-19-11-10-17-14-16(2)8-9-18(17)15-19/h3,16-19H,1,4-15H2,2H3. The second kappa shape index (κ2) is 10.1. The average Bonchev–Trinajstić information content (AvgIpc) is 2.57. The Hall–Kier alpha value is -0.830. The van der Waals surface area contributed by atoms with E-state index in [-0.39, 0.29) is 5.97 Å². The maximum absolute atomic E-state index is 10.9. The van der Waals surface area contributed by atoms with Crippen molar-refractivity contribution in [3.63, 3.8) is 0 Å². The van der Waals surface area contributed by atoms with Gasteiger partial charge in [-0.25, -0.2) is 4.79 Å². The first-order valence-corrected chi connectivity index (χ1v) is 9.59. The lowest BCUT2D eigenvalue weighted by Crippen LogP contribution is -2.33. The van der Waals surface area contributed by atoms with E-state index in [9.17, 15) is 4.79 Å². The Labute approximate surface area is 141 Å². The number of fused-ring (bicyclic) bond motifs is 1. The molecular weight excluding hydrogens is 288 g/mol. The summed E-state index contributed by atoms with van der Waals surface area (Å²) in [4.78, 5) is 10.9. The Morgan fingerprint density at radius 2 is 1.70 bits per heavy atom. The van der Waals surface area contributed by atoms with Crippen LogP contribution in [0.25, 0.3) is 0 Å². The molecule has 23 heavy (non-hydrogen) atoms. The summed E-state index contributed by atoms with van der Waals surface area (Å²) in [6.45, 7) is 7.20. The van der Waals surface area contributed by atoms with Crippen LogP contribution in [0, 0.1) is 17.8 Å². The summed E-state index contributed by atoms with van der Waals surface area (Å²) in [5, 5.41) is 0. The fourth-order valence-corrected chi connectivity index (χ4v) is 4.27. The van der Waals surface area contributed by atoms with E-state index >= 15 is 0 Å². The van der Waals surface area contributed by atoms with E-state index in [0.29, 0.717) is 12.7 Å². The second-order valence-corrected chi connectivity index (χ2v) is 7.53. The summed E-state index contributed by atoms with van der Waals surface area (Å²) < 4.78 is 11.1. The lowest BCUT2D eigenvalue weighted by molar-refractivity contribution is -0.137. The van der Waals surface area contributed by atoms with Gasteiger partial charge in [0, 0.05) is 12.7 Å². The Kier molecular flexibility index (Phi) is 8.14. The van der Waals surface area contributed by atoms with Gasteiger partial charge in [-0.15, -0.1) is 0 Å². The molecule has 0 N–H and O–H groups in total. The minimum atomic E-state index is -0.318. The van der Waals surface area contributed by atoms with Crippen molar-refractivity contribution in [1.82, 2.24) is 0 Å². The molecule has 0 heterocycles. The summed E-state index contributed by atoms with van der Waals surface area (Å²) >= 11 is 0. The molecule has 4 atom stereocenters. The molecule has 0 spiro atoms. The molecular formula is C20H34O3. The van der Waals surface area contributed by atoms with Crippen molar-refractivity contribution in [2.75, 3.05) is 13.2 Å². The van der Waals surface area contributed by atoms with Crippen molar-refractivity contribution < 1.29 is 14.3 Å². The highest BCUT2D eigenvalue weighted by atomic mass is 16.5. The van der Waals surface area contributed by atoms with Crippen LogP contribution in [0.2, 0.25) is 0 Å². The summed E-state index contributed by atoms with van der Waals surface area (Å²) in [5.41, 5.74) is 0. The van der Waals surface area contributed by atoms with Crippen LogP contribution in [0.15, 0.2) is 12.7 Å². The molecule has 0 bridgehead atoms. The van der Waals surface area contributed by atoms with Crippen molar-refractivity contribution in [2.45, 2.75) is 77.2 Å². The molecule has 2 rings (SSSR count). The van der Waals surface area contributed by atoms with Gasteiger partial charge in [-0.2, -0.15) is 0 Å². The lowest BCUT2D eigenvalue weighted by atomic mass is 9.67. The van der Waals surface area contributed by atoms with Crippen LogP contribution in [0.5, 0.6) is 0 Å². The van der Waals surface area contributed by atoms with Crippen LogP contribution in [0.1, 0.15) is 71.1 Å². The third kappa shape index (κ3) is 6.66. The molecule has 0 radical (unpaired) electrons. The molecule has 3 heteroatoms. The van der Waals surface area contributed by atoms with Crippen molar-refractivity contribution in [3.05, 3.63) is 12.7 Å². The van der Waals surface area contributed by atoms with E-state index in [4.69, 9.17) is 9.47 Å². The zero-order valence-corrected chi connectivity index (χ0v) is 14.8. The predicted octanol–water partition coefficient (Wildman–Crippen LogP) is 4.90. The van der Waals surface area contributed by atoms with Gasteiger partial charge in [-0.3, -0.25) is 0 Å². The van der Waals surface area contributed by atoms with Crippen molar-refractivity contribution >= 4 is 5.97 Å². The Bertz CT molecular complexity index is 366. The van der Waals surface area contributed by atoms with Gasteiger partial charge >= 0.3 is 5.97 Å². The number of hydrogen-bond acceptors (Lipinski definition) is 3. The van der Waals surface area contributed by atoms with Gasteiger partial charge in [0.05, 0.1) is 12.7 Å². The largest absolute Gasteiger partial charge is 0.463 e. The molecule has 0 aromatic heterocycles. The molecule has 132 valence electrons. The molecule has 2 saturated carbocycles. The topological polar surface area (TPSA) is 35.5 Å². The molecule has 0 aromatic carbocycles. The average molecular weight is 322 g/mol. The van der Waals surface area contributed by atoms with Gasteiger partial charge < -0.3 is 9.47 Å². The predicted molar refractivity (Wildman–Crippen MR) is 93.2 cm³/mol. The molecule has 2 aliphatic carbocycles. The number of esters is 1. The quantitative estimate of drug-likeness (QED) is 0.344. The zero-order chi connectivity index (χ0) is 16.5. The van der Waals surface area contributed by atoms with Crippen molar-refractivity contribution in [3.8, 4) is 0 Å². The Morgan fingerprint density at radius 3 is 2.48 bits per heavy atom. The van der Waals surface area contributed by atoms with E-state index in [1.165, 1.54) is 44.6 Å². The number of unbranched alkanes of at least 4 members (excludes halogenated alkanes) is 3. The highest BCUT2D eigenvalue weighted by molar-refractivity contribution is 5.81. The number of hydrogen-bond donors (Lipinski definition) is 0. The number of rotatable bonds is 9. The number of ether oxygens (including phenoxy) is 2. The Balaban J connectivity index is 1.46. The Morgan fingerprint density at radius 1 is 1.00 bits per heavy atom. The smallest absolute Gasteiger partial charge is 0.330 e. The van der Waals surface area contributed by atoms with Gasteiger partial charge in [0.15, 0.2) is 0 Å². The van der Waals surface area contributed by atoms with Crippen LogP contribution in [-0.4, -0.2) is 25.3 Å². The molecule has 0 aromatic rings. The third-order valence-electron chi connectivity index (χ3n) is 5.63. The summed E-state index contributed by atoms with van der Waals surface area (Å²) in [5.74, 6) is 2.54. The minimum absolute atomic E-state index is 0.318. The summed E-state index contributed by atoms with van der Waals surface area (Å²) in [6, 6.07) is 0. The number of carbonyl (C=O) groups is 1. The lowest BCUT2D eigenvalue weighted by Gasteiger charge is -2.41. The van der Waals surface area contributed by atoms with E-state index in [1.807, 2.05) is 0 Å². The molecule has 2 aliphatic rings. The highest BCUT2D eigenvalue weighted by Crippen LogP contribution is 2.43. The normalized spacial score (nSPS) is 30.5. The molecule has 4 unspecified atom stereocenters. The first-order chi connectivity index (χ1) is 11.2. The zero-order valence-electron chi connectivity index (χ0n) is 14.8. The van der Waals surface area contributed by atoms with Crippen LogP contribution in [0.4, 0.5) is 0 Å². The fraction of sp³-hybridized carbons (Fsp3) is 0.850. The fourth-order valence-electron chi connectivity index (χ4n) is 4.27. The maximum Gasteiger partial charge on any atom is 0.330 e. The van der Waals surface area contributed by atoms with Crippen LogP contribution >= 0.6 is 0 Å². The van der Waals surface area contributed by atoms with E-state index in [2.05, 4.69) is 13.5 Å². The molecule has 3 nitrogen and oxygen atoms in total. The number of carbonyl (C=O) groups excluding carboxylic acids is 1. The van der Waals surface area contributed by atoms with E-state index < -0.39 is 0 Å². The SMILES string of the molecule is C=CC(=O)OCCCCCCOC1CCC2CC(C)CCC2C1. The molecule has 0 saturated heterocycles. The third-order valence-corrected chi connectivity index (χ3v) is 5.63. The minimum Gasteiger partial charge on any atom is -0.463 e. The highest BCUT2D eigenvalue weighted by Gasteiger charge is 2.34. The monoisotopic (exact) mass is 322 g/mol. The molecule has 0 amide bonds. The van der Waals surface area contributed by atoms with Crippen LogP contribution in [-0.2, 0) is 14.3 Å². The molecule has 2 fully saturated rings. The van der Waals surface area contributed by atoms with Gasteiger partial charge in [0.1, 0.15) is 0 Å². The molecule has 0 aliphatic heterocycles. The first kappa shape index (κ1) is 18.5. The van der Waals surface area contributed by atoms with Gasteiger partial charge in [0.2, 0.25) is 0 Å². The van der Waals surface area contributed by atoms with Crippen LogP contribution < -0.4 is 0 Å². The summed E-state index contributed by atoms with van der Waals surface area (Å²) in [7, 11) is 0. The van der Waals surface area contributed by atoms with Crippen molar-refractivity contribution in [1.29, 1.82) is 0 Å². The van der Waals surface area contributed by atoms with E-state index in [0.717, 1.165) is 50.0 Å².